The van der Waals surface area contributed by atoms with Crippen LogP contribution in [0, 0.1) is 0 Å². The summed E-state index contributed by atoms with van der Waals surface area (Å²) in [5, 5.41) is 14.8. The first kappa shape index (κ1) is 19.7. The average Bonchev–Trinajstić information content (AvgIpc) is 3.17. The molecule has 1 saturated heterocycles. The van der Waals surface area contributed by atoms with Gasteiger partial charge in [-0.05, 0) is 29.5 Å². The van der Waals surface area contributed by atoms with Gasteiger partial charge < -0.3 is 15.0 Å². The van der Waals surface area contributed by atoms with Gasteiger partial charge in [0.2, 0.25) is 0 Å². The second-order valence-corrected chi connectivity index (χ2v) is 6.39. The number of urea groups is 1. The number of hydrogen-bond acceptors (Lipinski definition) is 7. The lowest BCUT2D eigenvalue weighted by Gasteiger charge is -2.34. The highest BCUT2D eigenvalue weighted by Gasteiger charge is 2.22. The normalized spacial score (nSPS) is 14.7. The largest absolute Gasteiger partial charge is 0.466 e. The molecule has 1 fully saturated rings. The number of hydrogen-bond donors (Lipinski definition) is 1. The number of nitrogens with one attached hydrogen (secondary N) is 1. The second-order valence-electron chi connectivity index (χ2n) is 6.39. The van der Waals surface area contributed by atoms with Gasteiger partial charge in [0.15, 0.2) is 5.82 Å². The quantitative estimate of drug-likeness (QED) is 0.687. The molecule has 3 rings (SSSR count). The summed E-state index contributed by atoms with van der Waals surface area (Å²) < 4.78 is 6.58. The van der Waals surface area contributed by atoms with Crippen LogP contribution >= 0.6 is 0 Å². The van der Waals surface area contributed by atoms with E-state index in [9.17, 15) is 9.59 Å². The Morgan fingerprint density at radius 3 is 2.61 bits per heavy atom. The van der Waals surface area contributed by atoms with E-state index in [0.29, 0.717) is 26.2 Å². The fraction of sp³-hybridized carbons (Fsp3) is 0.500. The average molecular weight is 387 g/mol. The number of esters is 1. The van der Waals surface area contributed by atoms with Crippen LogP contribution in [-0.4, -0.2) is 81.3 Å². The van der Waals surface area contributed by atoms with E-state index in [1.54, 1.807) is 16.5 Å². The molecule has 10 heteroatoms. The first-order valence-corrected chi connectivity index (χ1v) is 9.41. The van der Waals surface area contributed by atoms with E-state index in [-0.39, 0.29) is 25.0 Å². The van der Waals surface area contributed by atoms with Crippen molar-refractivity contribution in [2.24, 2.45) is 0 Å². The molecule has 0 unspecified atom stereocenters. The zero-order valence-corrected chi connectivity index (χ0v) is 16.0. The Morgan fingerprint density at radius 2 is 1.89 bits per heavy atom. The van der Waals surface area contributed by atoms with E-state index in [1.165, 1.54) is 0 Å². The zero-order chi connectivity index (χ0) is 19.8. The van der Waals surface area contributed by atoms with Crippen molar-refractivity contribution in [1.29, 1.82) is 0 Å². The van der Waals surface area contributed by atoms with Crippen LogP contribution in [0.4, 0.5) is 4.79 Å². The molecule has 0 saturated carbocycles. The lowest BCUT2D eigenvalue weighted by molar-refractivity contribution is -0.142. The molecule has 2 amide bonds. The first-order valence-electron chi connectivity index (χ1n) is 9.41. The lowest BCUT2D eigenvalue weighted by Crippen LogP contribution is -2.51. The molecule has 0 atom stereocenters. The van der Waals surface area contributed by atoms with Crippen LogP contribution < -0.4 is 5.32 Å². The SMILES string of the molecule is CCOC(=O)CCNC(=O)N1CCN(Cc2nnnn2-c2ccccc2)CC1. The van der Waals surface area contributed by atoms with Crippen LogP contribution in [0.2, 0.25) is 0 Å². The molecule has 1 aromatic heterocycles. The van der Waals surface area contributed by atoms with Gasteiger partial charge in [0, 0.05) is 32.7 Å². The first-order chi connectivity index (χ1) is 13.7. The molecule has 0 radical (unpaired) electrons. The minimum atomic E-state index is -0.302. The Kier molecular flexibility index (Phi) is 6.90. The monoisotopic (exact) mass is 387 g/mol. The Hall–Kier alpha value is -3.01. The Balaban J connectivity index is 1.44. The van der Waals surface area contributed by atoms with Gasteiger partial charge in [-0.2, -0.15) is 4.68 Å². The van der Waals surface area contributed by atoms with E-state index in [2.05, 4.69) is 25.7 Å². The fourth-order valence-corrected chi connectivity index (χ4v) is 3.00. The second kappa shape index (κ2) is 9.79. The van der Waals surface area contributed by atoms with Crippen LogP contribution in [0.3, 0.4) is 0 Å². The number of para-hydroxylation sites is 1. The topological polar surface area (TPSA) is 105 Å². The highest BCUT2D eigenvalue weighted by atomic mass is 16.5. The number of rotatable bonds is 7. The smallest absolute Gasteiger partial charge is 0.317 e. The standard InChI is InChI=1S/C18H25N7O3/c1-2-28-17(26)8-9-19-18(27)24-12-10-23(11-13-24)14-16-20-21-22-25(16)15-6-4-3-5-7-15/h3-7H,2,8-14H2,1H3,(H,19,27). The fourth-order valence-electron chi connectivity index (χ4n) is 3.00. The molecule has 28 heavy (non-hydrogen) atoms. The molecule has 0 spiro atoms. The van der Waals surface area contributed by atoms with Crippen LogP contribution in [-0.2, 0) is 16.1 Å². The Labute approximate surface area is 163 Å². The van der Waals surface area contributed by atoms with Crippen LogP contribution in [0.5, 0.6) is 0 Å². The number of carbonyl (C=O) groups excluding carboxylic acids is 2. The molecule has 10 nitrogen and oxygen atoms in total. The van der Waals surface area contributed by atoms with E-state index in [4.69, 9.17) is 4.74 Å². The van der Waals surface area contributed by atoms with Gasteiger partial charge in [-0.25, -0.2) is 4.79 Å². The van der Waals surface area contributed by atoms with Crippen LogP contribution in [0.25, 0.3) is 5.69 Å². The maximum Gasteiger partial charge on any atom is 0.317 e. The van der Waals surface area contributed by atoms with E-state index in [1.807, 2.05) is 30.3 Å². The molecule has 2 aromatic rings. The summed E-state index contributed by atoms with van der Waals surface area (Å²) in [4.78, 5) is 27.5. The van der Waals surface area contributed by atoms with Gasteiger partial charge in [-0.15, -0.1) is 5.10 Å². The summed E-state index contributed by atoms with van der Waals surface area (Å²) in [6.45, 7) is 5.68. The van der Waals surface area contributed by atoms with Gasteiger partial charge in [-0.3, -0.25) is 9.69 Å². The third kappa shape index (κ3) is 5.26. The van der Waals surface area contributed by atoms with Crippen molar-refractivity contribution in [2.75, 3.05) is 39.3 Å². The highest BCUT2D eigenvalue weighted by Crippen LogP contribution is 2.11. The van der Waals surface area contributed by atoms with Crippen molar-refractivity contribution in [3.63, 3.8) is 0 Å². The van der Waals surface area contributed by atoms with Gasteiger partial charge in [0.25, 0.3) is 0 Å². The summed E-state index contributed by atoms with van der Waals surface area (Å²) in [5.41, 5.74) is 0.919. The van der Waals surface area contributed by atoms with Crippen molar-refractivity contribution in [3.8, 4) is 5.69 Å². The highest BCUT2D eigenvalue weighted by molar-refractivity contribution is 5.75. The molecule has 150 valence electrons. The zero-order valence-electron chi connectivity index (χ0n) is 16.0. The maximum atomic E-state index is 12.2. The Morgan fingerprint density at radius 1 is 1.14 bits per heavy atom. The van der Waals surface area contributed by atoms with Crippen LogP contribution in [0.15, 0.2) is 30.3 Å². The predicted octanol–water partition coefficient (Wildman–Crippen LogP) is 0.443. The van der Waals surface area contributed by atoms with E-state index < -0.39 is 0 Å². The maximum absolute atomic E-state index is 12.2. The van der Waals surface area contributed by atoms with Gasteiger partial charge in [0.1, 0.15) is 0 Å². The van der Waals surface area contributed by atoms with Gasteiger partial charge in [0.05, 0.1) is 25.3 Å². The molecule has 0 bridgehead atoms. The van der Waals surface area contributed by atoms with Crippen molar-refractivity contribution >= 4 is 12.0 Å². The minimum Gasteiger partial charge on any atom is -0.466 e. The molecular formula is C18H25N7O3. The number of benzene rings is 1. The van der Waals surface area contributed by atoms with E-state index in [0.717, 1.165) is 24.6 Å². The number of amides is 2. The molecule has 1 aliphatic heterocycles. The summed E-state index contributed by atoms with van der Waals surface area (Å²) in [7, 11) is 0. The van der Waals surface area contributed by atoms with Crippen molar-refractivity contribution in [1.82, 2.24) is 35.3 Å². The summed E-state index contributed by atoms with van der Waals surface area (Å²) in [6, 6.07) is 9.60. The number of carbonyl (C=O) groups is 2. The van der Waals surface area contributed by atoms with E-state index >= 15 is 0 Å². The van der Waals surface area contributed by atoms with Crippen molar-refractivity contribution in [2.45, 2.75) is 19.9 Å². The minimum absolute atomic E-state index is 0.155. The number of nitrogens with zero attached hydrogens (tertiary/aromatic N) is 6. The number of ether oxygens (including phenoxy) is 1. The summed E-state index contributed by atoms with van der Waals surface area (Å²) >= 11 is 0. The van der Waals surface area contributed by atoms with Crippen molar-refractivity contribution < 1.29 is 14.3 Å². The number of aromatic nitrogens is 4. The van der Waals surface area contributed by atoms with Gasteiger partial charge in [-0.1, -0.05) is 18.2 Å². The predicted molar refractivity (Wildman–Crippen MR) is 101 cm³/mol. The molecular weight excluding hydrogens is 362 g/mol. The van der Waals surface area contributed by atoms with Crippen LogP contribution in [0.1, 0.15) is 19.2 Å². The number of piperazine rings is 1. The molecule has 2 heterocycles. The summed E-state index contributed by atoms with van der Waals surface area (Å²) in [6.07, 6.45) is 0.182. The molecule has 1 aliphatic rings. The third-order valence-corrected chi connectivity index (χ3v) is 4.47. The third-order valence-electron chi connectivity index (χ3n) is 4.47. The lowest BCUT2D eigenvalue weighted by atomic mass is 10.3. The Bertz CT molecular complexity index is 772. The summed E-state index contributed by atoms with van der Waals surface area (Å²) in [5.74, 6) is 0.460. The molecule has 1 N–H and O–H groups in total. The van der Waals surface area contributed by atoms with Crippen molar-refractivity contribution in [3.05, 3.63) is 36.2 Å². The molecule has 1 aromatic carbocycles. The number of tetrazole rings is 1. The molecule has 0 aliphatic carbocycles. The van der Waals surface area contributed by atoms with Gasteiger partial charge >= 0.3 is 12.0 Å².